The smallest absolute Gasteiger partial charge is 0.466 e. The van der Waals surface area contributed by atoms with E-state index < -0.39 is 40.7 Å². The molecule has 0 radical (unpaired) electrons. The molecule has 168 valence electrons. The zero-order valence-electron chi connectivity index (χ0n) is 15.4. The lowest BCUT2D eigenvalue weighted by atomic mass is 10.1. The summed E-state index contributed by atoms with van der Waals surface area (Å²) in [5.41, 5.74) is -8.51. The zero-order valence-corrected chi connectivity index (χ0v) is 16.9. The van der Waals surface area contributed by atoms with Crippen LogP contribution in [0, 0.1) is 0 Å². The molecule has 0 aliphatic rings. The monoisotopic (exact) mass is 486 g/mol. The standard InChI is InChI=1S/C18H13Cl2F5N2O4/c1-30-15(29)16(17(21,22)23,27-14(28)12-4-2-3-5-13(12)19)26-10-6-8-11(9-7-10)31-18(20,24)25/h2-9,26H,1H3,(H,27,28). The second-order valence-corrected chi connectivity index (χ2v) is 6.72. The van der Waals surface area contributed by atoms with E-state index in [4.69, 9.17) is 11.6 Å². The summed E-state index contributed by atoms with van der Waals surface area (Å²) in [7, 11) is 0.686. The molecule has 0 aliphatic carbocycles. The summed E-state index contributed by atoms with van der Waals surface area (Å²) in [5.74, 6) is -3.70. The normalized spacial score (nSPS) is 13.7. The minimum atomic E-state index is -5.41. The van der Waals surface area contributed by atoms with Crippen LogP contribution in [0.25, 0.3) is 0 Å². The van der Waals surface area contributed by atoms with Crippen molar-refractivity contribution in [2.45, 2.75) is 17.4 Å². The molecule has 31 heavy (non-hydrogen) atoms. The molecule has 0 aromatic heterocycles. The fourth-order valence-corrected chi connectivity index (χ4v) is 2.69. The molecular weight excluding hydrogens is 474 g/mol. The number of hydrogen-bond acceptors (Lipinski definition) is 5. The Balaban J connectivity index is 2.44. The first-order valence-electron chi connectivity index (χ1n) is 8.15. The Labute approximate surface area is 182 Å². The van der Waals surface area contributed by atoms with E-state index in [-0.39, 0.29) is 10.6 Å². The number of amides is 1. The van der Waals surface area contributed by atoms with E-state index in [1.54, 1.807) is 5.32 Å². The third kappa shape index (κ3) is 5.88. The van der Waals surface area contributed by atoms with Crippen LogP contribution in [0.3, 0.4) is 0 Å². The van der Waals surface area contributed by atoms with Gasteiger partial charge >= 0.3 is 23.4 Å². The average molecular weight is 487 g/mol. The number of benzene rings is 2. The Morgan fingerprint density at radius 1 is 0.968 bits per heavy atom. The van der Waals surface area contributed by atoms with Crippen LogP contribution in [0.15, 0.2) is 48.5 Å². The fraction of sp³-hybridized carbons (Fsp3) is 0.222. The number of anilines is 1. The number of halogens is 7. The lowest BCUT2D eigenvalue weighted by Gasteiger charge is -2.35. The number of nitrogens with one attached hydrogen (secondary N) is 2. The van der Waals surface area contributed by atoms with Gasteiger partial charge < -0.3 is 20.1 Å². The Hall–Kier alpha value is -2.79. The Morgan fingerprint density at radius 2 is 1.55 bits per heavy atom. The minimum absolute atomic E-state index is 0.163. The summed E-state index contributed by atoms with van der Waals surface area (Å²) in [6, 6.07) is 8.73. The quantitative estimate of drug-likeness (QED) is 0.255. The average Bonchev–Trinajstić information content (AvgIpc) is 2.66. The number of ether oxygens (including phenoxy) is 2. The van der Waals surface area contributed by atoms with Gasteiger partial charge in [0.15, 0.2) is 0 Å². The molecule has 0 heterocycles. The van der Waals surface area contributed by atoms with Crippen LogP contribution in [0.2, 0.25) is 5.02 Å². The van der Waals surface area contributed by atoms with E-state index in [0.29, 0.717) is 7.11 Å². The Bertz CT molecular complexity index is 951. The van der Waals surface area contributed by atoms with Crippen molar-refractivity contribution in [1.29, 1.82) is 0 Å². The number of alkyl halides is 6. The van der Waals surface area contributed by atoms with E-state index >= 15 is 0 Å². The summed E-state index contributed by atoms with van der Waals surface area (Å²) in [6.45, 7) is 0. The van der Waals surface area contributed by atoms with Crippen LogP contribution in [-0.2, 0) is 9.53 Å². The van der Waals surface area contributed by atoms with Gasteiger partial charge in [0.05, 0.1) is 17.7 Å². The van der Waals surface area contributed by atoms with Crippen LogP contribution >= 0.6 is 23.2 Å². The molecule has 2 aromatic rings. The summed E-state index contributed by atoms with van der Waals surface area (Å²) < 4.78 is 75.8. The first-order valence-corrected chi connectivity index (χ1v) is 8.91. The maximum Gasteiger partial charge on any atom is 0.487 e. The molecular formula is C18H13Cl2F5N2O4. The number of carbonyl (C=O) groups is 2. The fourth-order valence-electron chi connectivity index (χ4n) is 2.38. The summed E-state index contributed by atoms with van der Waals surface area (Å²) in [4.78, 5) is 24.7. The number of methoxy groups -OCH3 is 1. The van der Waals surface area contributed by atoms with E-state index in [9.17, 15) is 31.5 Å². The second kappa shape index (κ2) is 9.15. The summed E-state index contributed by atoms with van der Waals surface area (Å²) >= 11 is 10.5. The van der Waals surface area contributed by atoms with E-state index in [0.717, 1.165) is 30.3 Å². The topological polar surface area (TPSA) is 76.7 Å². The van der Waals surface area contributed by atoms with Crippen molar-refractivity contribution in [3.63, 3.8) is 0 Å². The third-order valence-corrected chi connectivity index (χ3v) is 4.16. The van der Waals surface area contributed by atoms with Crippen molar-refractivity contribution >= 4 is 40.8 Å². The van der Waals surface area contributed by atoms with Crippen molar-refractivity contribution in [2.75, 3.05) is 12.4 Å². The van der Waals surface area contributed by atoms with Gasteiger partial charge in [0.1, 0.15) is 5.75 Å². The van der Waals surface area contributed by atoms with Gasteiger partial charge in [0, 0.05) is 17.3 Å². The molecule has 2 N–H and O–H groups in total. The molecule has 6 nitrogen and oxygen atoms in total. The highest BCUT2D eigenvalue weighted by molar-refractivity contribution is 6.33. The van der Waals surface area contributed by atoms with Gasteiger partial charge in [-0.15, -0.1) is 8.78 Å². The van der Waals surface area contributed by atoms with Crippen LogP contribution in [0.4, 0.5) is 27.6 Å². The van der Waals surface area contributed by atoms with Gasteiger partial charge in [-0.3, -0.25) is 4.79 Å². The highest BCUT2D eigenvalue weighted by atomic mass is 35.5. The first kappa shape index (κ1) is 24.5. The number of rotatable bonds is 7. The van der Waals surface area contributed by atoms with Crippen LogP contribution < -0.4 is 15.4 Å². The molecule has 0 aliphatic heterocycles. The van der Waals surface area contributed by atoms with E-state index in [2.05, 4.69) is 21.1 Å². The largest absolute Gasteiger partial charge is 0.487 e. The molecule has 0 saturated carbocycles. The predicted molar refractivity (Wildman–Crippen MR) is 101 cm³/mol. The minimum Gasteiger partial charge on any atom is -0.466 e. The Kier molecular flexibility index (Phi) is 7.22. The van der Waals surface area contributed by atoms with Crippen molar-refractivity contribution in [2.24, 2.45) is 0 Å². The molecule has 2 rings (SSSR count). The molecule has 2 aromatic carbocycles. The van der Waals surface area contributed by atoms with Gasteiger partial charge in [0.25, 0.3) is 5.91 Å². The van der Waals surface area contributed by atoms with Crippen molar-refractivity contribution in [3.05, 3.63) is 59.1 Å². The second-order valence-electron chi connectivity index (χ2n) is 5.87. The van der Waals surface area contributed by atoms with Gasteiger partial charge in [-0.05, 0) is 36.4 Å². The molecule has 0 spiro atoms. The summed E-state index contributed by atoms with van der Waals surface area (Å²) in [5, 5.41) is 3.25. The maximum atomic E-state index is 14.0. The van der Waals surface area contributed by atoms with Gasteiger partial charge in [-0.2, -0.15) is 13.2 Å². The van der Waals surface area contributed by atoms with Crippen molar-refractivity contribution < 1.29 is 41.0 Å². The van der Waals surface area contributed by atoms with Crippen molar-refractivity contribution in [1.82, 2.24) is 5.32 Å². The first-order chi connectivity index (χ1) is 14.3. The van der Waals surface area contributed by atoms with Crippen molar-refractivity contribution in [3.8, 4) is 5.75 Å². The lowest BCUT2D eigenvalue weighted by molar-refractivity contribution is -0.203. The van der Waals surface area contributed by atoms with Crippen LogP contribution in [0.5, 0.6) is 5.75 Å². The molecule has 0 bridgehead atoms. The number of esters is 1. The highest BCUT2D eigenvalue weighted by Gasteiger charge is 2.63. The molecule has 1 atom stereocenters. The molecule has 0 fully saturated rings. The molecule has 0 saturated heterocycles. The Morgan fingerprint density at radius 3 is 2.03 bits per heavy atom. The number of hydrogen-bond donors (Lipinski definition) is 2. The summed E-state index contributed by atoms with van der Waals surface area (Å²) in [6.07, 6.45) is -5.41. The van der Waals surface area contributed by atoms with Crippen LogP contribution in [0.1, 0.15) is 10.4 Å². The number of carbonyl (C=O) groups excluding carboxylic acids is 2. The molecule has 13 heteroatoms. The van der Waals surface area contributed by atoms with E-state index in [1.807, 2.05) is 5.32 Å². The molecule has 1 unspecified atom stereocenters. The third-order valence-electron chi connectivity index (χ3n) is 3.76. The van der Waals surface area contributed by atoms with E-state index in [1.165, 1.54) is 18.2 Å². The zero-order chi connectivity index (χ0) is 23.4. The van der Waals surface area contributed by atoms with Gasteiger partial charge in [-0.1, -0.05) is 23.7 Å². The maximum absolute atomic E-state index is 14.0. The lowest BCUT2D eigenvalue weighted by Crippen LogP contribution is -2.69. The van der Waals surface area contributed by atoms with Gasteiger partial charge in [0.2, 0.25) is 0 Å². The SMILES string of the molecule is COC(=O)C(NC(=O)c1ccccc1Cl)(Nc1ccc(OC(F)(F)Cl)cc1)C(F)(F)F. The van der Waals surface area contributed by atoms with Gasteiger partial charge in [-0.25, -0.2) is 4.79 Å². The van der Waals surface area contributed by atoms with Crippen LogP contribution in [-0.4, -0.2) is 36.4 Å². The molecule has 1 amide bonds. The predicted octanol–water partition coefficient (Wildman–Crippen LogP) is 4.78. The highest BCUT2D eigenvalue weighted by Crippen LogP contribution is 2.34.